The number of nitrogens with one attached hydrogen (secondary N) is 1. The minimum absolute atomic E-state index is 0.186. The van der Waals surface area contributed by atoms with E-state index in [1.54, 1.807) is 44.2 Å². The maximum Gasteiger partial charge on any atom is 0.265 e. The molecule has 27 heavy (non-hydrogen) atoms. The second kappa shape index (κ2) is 6.99. The van der Waals surface area contributed by atoms with Gasteiger partial charge in [-0.05, 0) is 43.3 Å². The Kier molecular flexibility index (Phi) is 4.37. The lowest BCUT2D eigenvalue weighted by molar-refractivity contribution is -0.122. The maximum absolute atomic E-state index is 12.4. The van der Waals surface area contributed by atoms with Crippen LogP contribution in [0.3, 0.4) is 0 Å². The van der Waals surface area contributed by atoms with Gasteiger partial charge in [-0.15, -0.1) is 0 Å². The number of amides is 1. The Bertz CT molecular complexity index is 968. The van der Waals surface area contributed by atoms with Gasteiger partial charge in [0.1, 0.15) is 5.75 Å². The average molecular weight is 367 g/mol. The first-order valence-electron chi connectivity index (χ1n) is 8.36. The molecule has 1 amide bonds. The molecule has 0 spiro atoms. The second-order valence-corrected chi connectivity index (χ2v) is 5.98. The molecule has 3 aromatic rings. The molecule has 8 nitrogen and oxygen atoms in total. The van der Waals surface area contributed by atoms with Gasteiger partial charge >= 0.3 is 0 Å². The minimum atomic E-state index is -0.686. The number of aromatic nitrogens is 2. The number of rotatable bonds is 5. The van der Waals surface area contributed by atoms with Crippen LogP contribution in [0.25, 0.3) is 11.4 Å². The first-order chi connectivity index (χ1) is 13.1. The first-order valence-corrected chi connectivity index (χ1v) is 8.36. The summed E-state index contributed by atoms with van der Waals surface area (Å²) in [6, 6.07) is 12.3. The van der Waals surface area contributed by atoms with Crippen LogP contribution < -0.4 is 19.5 Å². The minimum Gasteiger partial charge on any atom is -0.481 e. The maximum atomic E-state index is 12.4. The summed E-state index contributed by atoms with van der Waals surface area (Å²) in [7, 11) is 0. The molecule has 0 bridgehead atoms. The average Bonchev–Trinajstić information content (AvgIpc) is 3.30. The van der Waals surface area contributed by atoms with Crippen molar-refractivity contribution in [2.75, 3.05) is 12.1 Å². The van der Waals surface area contributed by atoms with Crippen molar-refractivity contribution >= 4 is 11.6 Å². The Morgan fingerprint density at radius 1 is 1.15 bits per heavy atom. The van der Waals surface area contributed by atoms with Gasteiger partial charge < -0.3 is 24.1 Å². The molecule has 0 radical (unpaired) electrons. The standard InChI is InChI=1S/C19H17N3O5/c1-11(19(23)21-14-5-8-16-17(9-14)25-10-24-16)26-15-6-3-13(4-7-15)18-20-12(2)27-22-18/h3-9,11H,10H2,1-2H3,(H,21,23)/t11-/m0/s1. The summed E-state index contributed by atoms with van der Waals surface area (Å²) >= 11 is 0. The van der Waals surface area contributed by atoms with Gasteiger partial charge in [-0.1, -0.05) is 5.16 Å². The lowest BCUT2D eigenvalue weighted by atomic mass is 10.2. The Hall–Kier alpha value is -3.55. The zero-order chi connectivity index (χ0) is 18.8. The van der Waals surface area contributed by atoms with Crippen LogP contribution in [0.1, 0.15) is 12.8 Å². The van der Waals surface area contributed by atoms with E-state index >= 15 is 0 Å². The quantitative estimate of drug-likeness (QED) is 0.740. The normalized spacial score (nSPS) is 13.3. The van der Waals surface area contributed by atoms with Gasteiger partial charge in [-0.2, -0.15) is 4.98 Å². The number of anilines is 1. The Labute approximate surface area is 155 Å². The predicted octanol–water partition coefficient (Wildman–Crippen LogP) is 3.18. The fourth-order valence-electron chi connectivity index (χ4n) is 2.57. The fourth-order valence-corrected chi connectivity index (χ4v) is 2.57. The molecule has 1 aliphatic rings. The molecular formula is C19H17N3O5. The van der Waals surface area contributed by atoms with Gasteiger partial charge in [0.2, 0.25) is 18.5 Å². The Morgan fingerprint density at radius 2 is 1.93 bits per heavy atom. The zero-order valence-electron chi connectivity index (χ0n) is 14.8. The third kappa shape index (κ3) is 3.69. The van der Waals surface area contributed by atoms with Gasteiger partial charge in [-0.3, -0.25) is 4.79 Å². The van der Waals surface area contributed by atoms with Crippen LogP contribution in [-0.2, 0) is 4.79 Å². The summed E-state index contributed by atoms with van der Waals surface area (Å²) in [4.78, 5) is 16.5. The number of fused-ring (bicyclic) bond motifs is 1. The molecule has 1 N–H and O–H groups in total. The highest BCUT2D eigenvalue weighted by atomic mass is 16.7. The number of ether oxygens (including phenoxy) is 3. The van der Waals surface area contributed by atoms with Crippen molar-refractivity contribution in [3.05, 3.63) is 48.4 Å². The van der Waals surface area contributed by atoms with E-state index in [1.807, 2.05) is 12.1 Å². The molecule has 0 saturated heterocycles. The highest BCUT2D eigenvalue weighted by molar-refractivity contribution is 5.94. The molecule has 0 fully saturated rings. The summed E-state index contributed by atoms with van der Waals surface area (Å²) in [5.74, 6) is 2.56. The Balaban J connectivity index is 1.38. The number of nitrogens with zero attached hydrogens (tertiary/aromatic N) is 2. The van der Waals surface area contributed by atoms with Crippen molar-refractivity contribution in [2.24, 2.45) is 0 Å². The van der Waals surface area contributed by atoms with Crippen LogP contribution in [0.15, 0.2) is 47.0 Å². The van der Waals surface area contributed by atoms with Gasteiger partial charge in [0.25, 0.3) is 5.91 Å². The topological polar surface area (TPSA) is 95.7 Å². The van der Waals surface area contributed by atoms with Crippen molar-refractivity contribution in [1.29, 1.82) is 0 Å². The summed E-state index contributed by atoms with van der Waals surface area (Å²) in [5, 5.41) is 6.67. The number of hydrogen-bond donors (Lipinski definition) is 1. The first kappa shape index (κ1) is 16.9. The molecular weight excluding hydrogens is 350 g/mol. The molecule has 0 saturated carbocycles. The number of benzene rings is 2. The lowest BCUT2D eigenvalue weighted by Crippen LogP contribution is -2.30. The van der Waals surface area contributed by atoms with Crippen LogP contribution in [0.2, 0.25) is 0 Å². The van der Waals surface area contributed by atoms with E-state index in [0.717, 1.165) is 5.56 Å². The molecule has 138 valence electrons. The third-order valence-electron chi connectivity index (χ3n) is 3.96. The van der Waals surface area contributed by atoms with E-state index in [2.05, 4.69) is 15.5 Å². The molecule has 0 aliphatic carbocycles. The van der Waals surface area contributed by atoms with E-state index in [4.69, 9.17) is 18.7 Å². The van der Waals surface area contributed by atoms with Crippen molar-refractivity contribution in [3.8, 4) is 28.6 Å². The number of carbonyl (C=O) groups excluding carboxylic acids is 1. The second-order valence-electron chi connectivity index (χ2n) is 5.98. The highest BCUT2D eigenvalue weighted by Gasteiger charge is 2.18. The largest absolute Gasteiger partial charge is 0.481 e. The van der Waals surface area contributed by atoms with Crippen LogP contribution in [0.5, 0.6) is 17.2 Å². The monoisotopic (exact) mass is 367 g/mol. The molecule has 2 heterocycles. The van der Waals surface area contributed by atoms with Gasteiger partial charge in [0.15, 0.2) is 17.6 Å². The molecule has 2 aromatic carbocycles. The SMILES string of the molecule is Cc1nc(-c2ccc(O[C@@H](C)C(=O)Nc3ccc4c(c3)OCO4)cc2)no1. The van der Waals surface area contributed by atoms with Gasteiger partial charge in [-0.25, -0.2) is 0 Å². The smallest absolute Gasteiger partial charge is 0.265 e. The number of aryl methyl sites for hydroxylation is 1. The summed E-state index contributed by atoms with van der Waals surface area (Å²) in [6.45, 7) is 3.60. The molecule has 4 rings (SSSR count). The molecule has 0 unspecified atom stereocenters. The Morgan fingerprint density at radius 3 is 2.67 bits per heavy atom. The summed E-state index contributed by atoms with van der Waals surface area (Å²) < 4.78 is 21.2. The summed E-state index contributed by atoms with van der Waals surface area (Å²) in [5.41, 5.74) is 1.42. The predicted molar refractivity (Wildman–Crippen MR) is 95.8 cm³/mol. The van der Waals surface area contributed by atoms with E-state index in [0.29, 0.717) is 34.7 Å². The number of carbonyl (C=O) groups is 1. The van der Waals surface area contributed by atoms with E-state index < -0.39 is 6.10 Å². The summed E-state index contributed by atoms with van der Waals surface area (Å²) in [6.07, 6.45) is -0.686. The highest BCUT2D eigenvalue weighted by Crippen LogP contribution is 2.34. The van der Waals surface area contributed by atoms with E-state index in [-0.39, 0.29) is 12.7 Å². The molecule has 1 atom stereocenters. The van der Waals surface area contributed by atoms with E-state index in [1.165, 1.54) is 0 Å². The van der Waals surface area contributed by atoms with Crippen LogP contribution in [0.4, 0.5) is 5.69 Å². The van der Waals surface area contributed by atoms with Gasteiger partial charge in [0.05, 0.1) is 0 Å². The lowest BCUT2D eigenvalue weighted by Gasteiger charge is -2.15. The van der Waals surface area contributed by atoms with Gasteiger partial charge in [0, 0.05) is 24.2 Å². The van der Waals surface area contributed by atoms with Crippen molar-refractivity contribution in [2.45, 2.75) is 20.0 Å². The van der Waals surface area contributed by atoms with Crippen molar-refractivity contribution in [1.82, 2.24) is 10.1 Å². The van der Waals surface area contributed by atoms with Crippen LogP contribution in [0, 0.1) is 6.92 Å². The zero-order valence-corrected chi connectivity index (χ0v) is 14.8. The third-order valence-corrected chi connectivity index (χ3v) is 3.96. The van der Waals surface area contributed by atoms with Crippen molar-refractivity contribution in [3.63, 3.8) is 0 Å². The molecule has 8 heteroatoms. The van der Waals surface area contributed by atoms with Crippen LogP contribution >= 0.6 is 0 Å². The van der Waals surface area contributed by atoms with Crippen LogP contribution in [-0.4, -0.2) is 28.9 Å². The fraction of sp³-hybridized carbons (Fsp3) is 0.211. The molecule has 1 aliphatic heterocycles. The van der Waals surface area contributed by atoms with E-state index in [9.17, 15) is 4.79 Å². The number of hydrogen-bond acceptors (Lipinski definition) is 7. The van der Waals surface area contributed by atoms with Crippen molar-refractivity contribution < 1.29 is 23.5 Å². The molecule has 1 aromatic heterocycles.